The van der Waals surface area contributed by atoms with Crippen LogP contribution in [0.25, 0.3) is 0 Å². The highest BCUT2D eigenvalue weighted by Gasteiger charge is 2.37. The van der Waals surface area contributed by atoms with Crippen molar-refractivity contribution in [1.29, 1.82) is 0 Å². The molecule has 0 aliphatic carbocycles. The average Bonchev–Trinajstić information content (AvgIpc) is 2.52. The van der Waals surface area contributed by atoms with Gasteiger partial charge in [-0.15, -0.1) is 0 Å². The Labute approximate surface area is 149 Å². The second-order valence-electron chi connectivity index (χ2n) is 5.55. The predicted octanol–water partition coefficient (Wildman–Crippen LogP) is 4.38. The van der Waals surface area contributed by atoms with E-state index < -0.39 is 44.8 Å². The van der Waals surface area contributed by atoms with Crippen LogP contribution in [0.4, 0.5) is 32.0 Å². The van der Waals surface area contributed by atoms with Gasteiger partial charge in [-0.2, -0.15) is 26.3 Å². The van der Waals surface area contributed by atoms with Gasteiger partial charge in [0.25, 0.3) is 5.91 Å². The zero-order valence-corrected chi connectivity index (χ0v) is 14.3. The summed E-state index contributed by atoms with van der Waals surface area (Å²) in [5, 5.41) is 2.09. The van der Waals surface area contributed by atoms with Gasteiger partial charge in [-0.3, -0.25) is 4.79 Å². The molecule has 146 valence electrons. The number of nitrogens with one attached hydrogen (secondary N) is 1. The number of sulfone groups is 1. The van der Waals surface area contributed by atoms with E-state index in [1.54, 1.807) is 0 Å². The van der Waals surface area contributed by atoms with E-state index in [0.29, 0.717) is 0 Å². The third-order valence-corrected chi connectivity index (χ3v) is 4.48. The van der Waals surface area contributed by atoms with Crippen LogP contribution >= 0.6 is 0 Å². The zero-order valence-electron chi connectivity index (χ0n) is 13.4. The molecule has 27 heavy (non-hydrogen) atoms. The maximum Gasteiger partial charge on any atom is 0.416 e. The summed E-state index contributed by atoms with van der Waals surface area (Å²) in [6, 6.07) is 5.23. The predicted molar refractivity (Wildman–Crippen MR) is 84.0 cm³/mol. The molecule has 0 saturated carbocycles. The van der Waals surface area contributed by atoms with Crippen molar-refractivity contribution in [2.45, 2.75) is 17.2 Å². The molecule has 0 atom stereocenters. The third-order valence-electron chi connectivity index (χ3n) is 3.37. The standard InChI is InChI=1S/C16H11F6NO3S/c1-27(25,26)13-4-2-3-12(8-13)23-14(24)9-5-10(15(17,18)19)7-11(6-9)16(20,21)22/h2-8H,1H3,(H,23,24). The molecule has 0 aliphatic heterocycles. The monoisotopic (exact) mass is 411 g/mol. The molecular weight excluding hydrogens is 400 g/mol. The fourth-order valence-electron chi connectivity index (χ4n) is 2.09. The maximum atomic E-state index is 12.8. The van der Waals surface area contributed by atoms with Gasteiger partial charge in [0.15, 0.2) is 9.84 Å². The Balaban J connectivity index is 2.44. The van der Waals surface area contributed by atoms with Gasteiger partial charge in [-0.25, -0.2) is 8.42 Å². The lowest BCUT2D eigenvalue weighted by molar-refractivity contribution is -0.143. The first kappa shape index (κ1) is 20.7. The Hall–Kier alpha value is -2.56. The van der Waals surface area contributed by atoms with Crippen LogP contribution in [-0.4, -0.2) is 20.6 Å². The first-order valence-corrected chi connectivity index (χ1v) is 8.98. The molecule has 1 N–H and O–H groups in total. The Kier molecular flexibility index (Phi) is 5.28. The van der Waals surface area contributed by atoms with Crippen molar-refractivity contribution in [2.75, 3.05) is 11.6 Å². The van der Waals surface area contributed by atoms with Gasteiger partial charge in [0.1, 0.15) is 0 Å². The summed E-state index contributed by atoms with van der Waals surface area (Å²) < 4.78 is 100. The van der Waals surface area contributed by atoms with Crippen LogP contribution in [-0.2, 0) is 22.2 Å². The van der Waals surface area contributed by atoms with Crippen LogP contribution in [0.15, 0.2) is 47.4 Å². The van der Waals surface area contributed by atoms with Crippen molar-refractivity contribution in [2.24, 2.45) is 0 Å². The summed E-state index contributed by atoms with van der Waals surface area (Å²) in [5.41, 5.74) is -4.24. The lowest BCUT2D eigenvalue weighted by Crippen LogP contribution is -2.17. The van der Waals surface area contributed by atoms with Gasteiger partial charge in [0, 0.05) is 17.5 Å². The normalized spacial score (nSPS) is 12.7. The maximum absolute atomic E-state index is 12.8. The Morgan fingerprint density at radius 3 is 1.85 bits per heavy atom. The number of alkyl halides is 6. The minimum absolute atomic E-state index is 0.0962. The topological polar surface area (TPSA) is 63.2 Å². The number of hydrogen-bond acceptors (Lipinski definition) is 3. The molecule has 0 spiro atoms. The minimum Gasteiger partial charge on any atom is -0.322 e. The molecule has 2 rings (SSSR count). The molecule has 11 heteroatoms. The molecule has 0 unspecified atom stereocenters. The van der Waals surface area contributed by atoms with Gasteiger partial charge < -0.3 is 5.32 Å². The lowest BCUT2D eigenvalue weighted by atomic mass is 10.0. The van der Waals surface area contributed by atoms with E-state index >= 15 is 0 Å². The summed E-state index contributed by atoms with van der Waals surface area (Å²) in [6.07, 6.45) is -9.28. The summed E-state index contributed by atoms with van der Waals surface area (Å²) in [6.45, 7) is 0. The number of benzene rings is 2. The van der Waals surface area contributed by atoms with Crippen LogP contribution < -0.4 is 5.32 Å². The van der Waals surface area contributed by atoms with E-state index in [1.165, 1.54) is 18.2 Å². The number of halogens is 6. The number of carbonyl (C=O) groups is 1. The largest absolute Gasteiger partial charge is 0.416 e. The van der Waals surface area contributed by atoms with Gasteiger partial charge in [0.2, 0.25) is 0 Å². The van der Waals surface area contributed by atoms with Crippen LogP contribution in [0.3, 0.4) is 0 Å². The van der Waals surface area contributed by atoms with E-state index in [0.717, 1.165) is 12.3 Å². The van der Waals surface area contributed by atoms with E-state index in [9.17, 15) is 39.6 Å². The first-order chi connectivity index (χ1) is 12.2. The molecule has 0 fully saturated rings. The number of carbonyl (C=O) groups excluding carboxylic acids is 1. The number of amides is 1. The highest BCUT2D eigenvalue weighted by atomic mass is 32.2. The lowest BCUT2D eigenvalue weighted by Gasteiger charge is -2.14. The highest BCUT2D eigenvalue weighted by Crippen LogP contribution is 2.36. The molecule has 2 aromatic carbocycles. The van der Waals surface area contributed by atoms with Gasteiger partial charge in [-0.1, -0.05) is 6.07 Å². The number of hydrogen-bond donors (Lipinski definition) is 1. The van der Waals surface area contributed by atoms with Crippen molar-refractivity contribution >= 4 is 21.4 Å². The summed E-state index contributed by atoms with van der Waals surface area (Å²) >= 11 is 0. The number of anilines is 1. The molecular formula is C16H11F6NO3S. The van der Waals surface area contributed by atoms with Gasteiger partial charge in [-0.05, 0) is 36.4 Å². The molecule has 0 aromatic heterocycles. The molecule has 0 aliphatic rings. The second-order valence-corrected chi connectivity index (χ2v) is 7.56. The molecule has 1 amide bonds. The van der Waals surface area contributed by atoms with Gasteiger partial charge in [0.05, 0.1) is 16.0 Å². The fraction of sp³-hybridized carbons (Fsp3) is 0.188. The van der Waals surface area contributed by atoms with Crippen molar-refractivity contribution < 1.29 is 39.6 Å². The van der Waals surface area contributed by atoms with Crippen LogP contribution in [0.5, 0.6) is 0 Å². The SMILES string of the molecule is CS(=O)(=O)c1cccc(NC(=O)c2cc(C(F)(F)F)cc(C(F)(F)F)c2)c1. The van der Waals surface area contributed by atoms with E-state index in [-0.39, 0.29) is 28.8 Å². The highest BCUT2D eigenvalue weighted by molar-refractivity contribution is 7.90. The van der Waals surface area contributed by atoms with Crippen LogP contribution in [0.2, 0.25) is 0 Å². The van der Waals surface area contributed by atoms with E-state index in [4.69, 9.17) is 0 Å². The molecule has 2 aromatic rings. The van der Waals surface area contributed by atoms with E-state index in [1.807, 2.05) is 0 Å². The Bertz CT molecular complexity index is 948. The van der Waals surface area contributed by atoms with Crippen LogP contribution in [0.1, 0.15) is 21.5 Å². The second kappa shape index (κ2) is 6.87. The number of rotatable bonds is 3. The van der Waals surface area contributed by atoms with Crippen molar-refractivity contribution in [3.05, 3.63) is 59.2 Å². The van der Waals surface area contributed by atoms with Crippen molar-refractivity contribution in [1.82, 2.24) is 0 Å². The third kappa shape index (κ3) is 5.22. The smallest absolute Gasteiger partial charge is 0.322 e. The molecule has 0 bridgehead atoms. The van der Waals surface area contributed by atoms with Crippen LogP contribution in [0, 0.1) is 0 Å². The minimum atomic E-state index is -5.09. The average molecular weight is 411 g/mol. The van der Waals surface area contributed by atoms with E-state index in [2.05, 4.69) is 5.32 Å². The molecule has 0 heterocycles. The summed E-state index contributed by atoms with van der Waals surface area (Å²) in [5.74, 6) is -1.25. The fourth-order valence-corrected chi connectivity index (χ4v) is 2.76. The first-order valence-electron chi connectivity index (χ1n) is 7.09. The van der Waals surface area contributed by atoms with Gasteiger partial charge >= 0.3 is 12.4 Å². The molecule has 0 saturated heterocycles. The zero-order chi connectivity index (χ0) is 20.6. The summed E-state index contributed by atoms with van der Waals surface area (Å²) in [7, 11) is -3.63. The Morgan fingerprint density at radius 2 is 1.41 bits per heavy atom. The summed E-state index contributed by atoms with van der Waals surface area (Å²) in [4.78, 5) is 12.0. The molecule has 0 radical (unpaired) electrons. The van der Waals surface area contributed by atoms with Crippen molar-refractivity contribution in [3.63, 3.8) is 0 Å². The quantitative estimate of drug-likeness (QED) is 0.763. The molecule has 4 nitrogen and oxygen atoms in total. The van der Waals surface area contributed by atoms with Crippen molar-refractivity contribution in [3.8, 4) is 0 Å². The Morgan fingerprint density at radius 1 is 0.889 bits per heavy atom.